The van der Waals surface area contributed by atoms with E-state index in [0.717, 1.165) is 18.9 Å². The molecule has 0 amide bonds. The third-order valence-electron chi connectivity index (χ3n) is 4.00. The highest BCUT2D eigenvalue weighted by Gasteiger charge is 2.35. The summed E-state index contributed by atoms with van der Waals surface area (Å²) in [6, 6.07) is 1.33. The van der Waals surface area contributed by atoms with Gasteiger partial charge in [-0.2, -0.15) is 0 Å². The Morgan fingerprint density at radius 2 is 2.00 bits per heavy atom. The van der Waals surface area contributed by atoms with E-state index in [2.05, 4.69) is 20.3 Å². The lowest BCUT2D eigenvalue weighted by Crippen LogP contribution is -2.30. The van der Waals surface area contributed by atoms with Crippen LogP contribution in [-0.2, 0) is 13.0 Å². The summed E-state index contributed by atoms with van der Waals surface area (Å²) >= 11 is 0. The summed E-state index contributed by atoms with van der Waals surface area (Å²) < 4.78 is 2.16. The minimum atomic E-state index is 0.644. The highest BCUT2D eigenvalue weighted by molar-refractivity contribution is 5.22. The van der Waals surface area contributed by atoms with Crippen LogP contribution >= 0.6 is 0 Å². The summed E-state index contributed by atoms with van der Waals surface area (Å²) in [6.45, 7) is 1.03. The van der Waals surface area contributed by atoms with E-state index in [-0.39, 0.29) is 0 Å². The van der Waals surface area contributed by atoms with Crippen molar-refractivity contribution in [2.45, 2.75) is 56.7 Å². The van der Waals surface area contributed by atoms with E-state index in [9.17, 15) is 0 Å². The Labute approximate surface area is 89.0 Å². The molecule has 80 valence electrons. The minimum absolute atomic E-state index is 0.644. The number of hydrogen-bond acceptors (Lipinski definition) is 3. The Kier molecular flexibility index (Phi) is 1.55. The van der Waals surface area contributed by atoms with Crippen LogP contribution < -0.4 is 5.32 Å². The largest absolute Gasteiger partial charge is 0.309 e. The highest BCUT2D eigenvalue weighted by Crippen LogP contribution is 2.41. The van der Waals surface area contributed by atoms with Crippen molar-refractivity contribution in [2.75, 3.05) is 0 Å². The molecule has 2 fully saturated rings. The van der Waals surface area contributed by atoms with Crippen LogP contribution in [0.2, 0.25) is 0 Å². The first-order valence-electron chi connectivity index (χ1n) is 6.08. The maximum absolute atomic E-state index is 4.38. The van der Waals surface area contributed by atoms with Crippen LogP contribution in [0.1, 0.15) is 43.0 Å². The van der Waals surface area contributed by atoms with Crippen molar-refractivity contribution in [1.82, 2.24) is 20.3 Å². The molecule has 2 atom stereocenters. The Balaban J connectivity index is 1.76. The van der Waals surface area contributed by atoms with Gasteiger partial charge in [0.25, 0.3) is 0 Å². The zero-order valence-corrected chi connectivity index (χ0v) is 8.82. The van der Waals surface area contributed by atoms with Gasteiger partial charge in [0.1, 0.15) is 0 Å². The number of fused-ring (bicyclic) bond motifs is 3. The van der Waals surface area contributed by atoms with Gasteiger partial charge < -0.3 is 5.32 Å². The van der Waals surface area contributed by atoms with Gasteiger partial charge in [-0.15, -0.1) is 5.10 Å². The summed E-state index contributed by atoms with van der Waals surface area (Å²) in [7, 11) is 0. The van der Waals surface area contributed by atoms with E-state index >= 15 is 0 Å². The van der Waals surface area contributed by atoms with Crippen LogP contribution in [0, 0.1) is 0 Å². The molecule has 2 bridgehead atoms. The molecule has 1 aromatic rings. The molecular formula is C11H16N4. The van der Waals surface area contributed by atoms with Crippen LogP contribution in [0.25, 0.3) is 0 Å². The summed E-state index contributed by atoms with van der Waals surface area (Å²) in [5, 5.41) is 12.4. The zero-order chi connectivity index (χ0) is 9.83. The van der Waals surface area contributed by atoms with Crippen LogP contribution in [0.4, 0.5) is 0 Å². The molecule has 15 heavy (non-hydrogen) atoms. The number of aromatic nitrogens is 3. The molecule has 1 aromatic heterocycles. The Hall–Kier alpha value is -0.900. The maximum Gasteiger partial charge on any atom is 0.0890 e. The summed E-state index contributed by atoms with van der Waals surface area (Å²) in [5.41, 5.74) is 2.74. The predicted molar refractivity (Wildman–Crippen MR) is 55.6 cm³/mol. The number of rotatable bonds is 1. The molecule has 2 aliphatic heterocycles. The van der Waals surface area contributed by atoms with Gasteiger partial charge in [-0.1, -0.05) is 5.21 Å². The molecule has 4 heteroatoms. The quantitative estimate of drug-likeness (QED) is 0.737. The molecular weight excluding hydrogens is 188 g/mol. The standard InChI is InChI=1S/C11H16N4/c1-2-7(1)11-10-5-8-3-4-9(12-8)6-15(10)14-13-11/h7-9,12H,1-6H2/t8-,9-/m0/s1. The maximum atomic E-state index is 4.38. The Morgan fingerprint density at radius 1 is 1.13 bits per heavy atom. The van der Waals surface area contributed by atoms with Crippen molar-refractivity contribution in [1.29, 1.82) is 0 Å². The fraction of sp³-hybridized carbons (Fsp3) is 0.818. The first-order chi connectivity index (χ1) is 7.40. The average molecular weight is 204 g/mol. The first-order valence-corrected chi connectivity index (χ1v) is 6.08. The van der Waals surface area contributed by atoms with Crippen LogP contribution in [-0.4, -0.2) is 27.1 Å². The molecule has 0 spiro atoms. The Morgan fingerprint density at radius 3 is 2.87 bits per heavy atom. The van der Waals surface area contributed by atoms with Gasteiger partial charge in [0.15, 0.2) is 0 Å². The van der Waals surface area contributed by atoms with E-state index in [1.807, 2.05) is 0 Å². The molecule has 1 saturated heterocycles. The monoisotopic (exact) mass is 204 g/mol. The molecule has 1 N–H and O–H groups in total. The predicted octanol–water partition coefficient (Wildman–Crippen LogP) is 0.832. The number of hydrogen-bond donors (Lipinski definition) is 1. The average Bonchev–Trinajstić information content (AvgIpc) is 2.91. The topological polar surface area (TPSA) is 42.7 Å². The Bertz CT molecular complexity index is 393. The molecule has 3 heterocycles. The molecule has 1 aliphatic carbocycles. The number of nitrogens with zero attached hydrogens (tertiary/aromatic N) is 3. The SMILES string of the molecule is C1CC1c1nnn2c1C[C@@H]1CC[C@@H](C2)N1. The van der Waals surface area contributed by atoms with Gasteiger partial charge in [0.2, 0.25) is 0 Å². The summed E-state index contributed by atoms with van der Waals surface area (Å²) in [6.07, 6.45) is 6.44. The third kappa shape index (κ3) is 1.24. The lowest BCUT2D eigenvalue weighted by molar-refractivity contribution is 0.468. The van der Waals surface area contributed by atoms with E-state index in [1.165, 1.54) is 37.1 Å². The first kappa shape index (κ1) is 8.28. The van der Waals surface area contributed by atoms with Gasteiger partial charge in [-0.25, -0.2) is 4.68 Å². The van der Waals surface area contributed by atoms with Crippen molar-refractivity contribution in [3.8, 4) is 0 Å². The van der Waals surface area contributed by atoms with Gasteiger partial charge in [0.05, 0.1) is 17.9 Å². The molecule has 4 rings (SSSR count). The minimum Gasteiger partial charge on any atom is -0.309 e. The van der Waals surface area contributed by atoms with E-state index in [4.69, 9.17) is 0 Å². The fourth-order valence-electron chi connectivity index (χ4n) is 3.03. The van der Waals surface area contributed by atoms with Gasteiger partial charge in [-0.3, -0.25) is 0 Å². The van der Waals surface area contributed by atoms with Crippen molar-refractivity contribution < 1.29 is 0 Å². The van der Waals surface area contributed by atoms with E-state index in [0.29, 0.717) is 12.1 Å². The summed E-state index contributed by atoms with van der Waals surface area (Å²) in [4.78, 5) is 0. The van der Waals surface area contributed by atoms with Gasteiger partial charge >= 0.3 is 0 Å². The second-order valence-corrected chi connectivity index (χ2v) is 5.22. The van der Waals surface area contributed by atoms with E-state index < -0.39 is 0 Å². The molecule has 1 saturated carbocycles. The lowest BCUT2D eigenvalue weighted by Gasteiger charge is -2.09. The zero-order valence-electron chi connectivity index (χ0n) is 8.82. The second-order valence-electron chi connectivity index (χ2n) is 5.22. The van der Waals surface area contributed by atoms with Crippen molar-refractivity contribution >= 4 is 0 Å². The fourth-order valence-corrected chi connectivity index (χ4v) is 3.03. The third-order valence-corrected chi connectivity index (χ3v) is 4.00. The lowest BCUT2D eigenvalue weighted by atomic mass is 10.0. The molecule has 0 radical (unpaired) electrons. The van der Waals surface area contributed by atoms with Gasteiger partial charge in [0, 0.05) is 24.4 Å². The van der Waals surface area contributed by atoms with Crippen LogP contribution in [0.3, 0.4) is 0 Å². The van der Waals surface area contributed by atoms with Crippen molar-refractivity contribution in [3.05, 3.63) is 11.4 Å². The normalized spacial score (nSPS) is 33.9. The van der Waals surface area contributed by atoms with Crippen LogP contribution in [0.15, 0.2) is 0 Å². The highest BCUT2D eigenvalue weighted by atomic mass is 15.4. The smallest absolute Gasteiger partial charge is 0.0890 e. The second kappa shape index (κ2) is 2.82. The number of nitrogens with one attached hydrogen (secondary N) is 1. The van der Waals surface area contributed by atoms with Gasteiger partial charge in [-0.05, 0) is 25.7 Å². The molecule has 4 nitrogen and oxygen atoms in total. The summed E-state index contributed by atoms with van der Waals surface area (Å²) in [5.74, 6) is 0.741. The molecule has 3 aliphatic rings. The van der Waals surface area contributed by atoms with Crippen LogP contribution in [0.5, 0.6) is 0 Å². The molecule has 0 unspecified atom stereocenters. The van der Waals surface area contributed by atoms with Crippen molar-refractivity contribution in [3.63, 3.8) is 0 Å². The molecule has 0 aromatic carbocycles. The van der Waals surface area contributed by atoms with E-state index in [1.54, 1.807) is 0 Å². The van der Waals surface area contributed by atoms with Crippen molar-refractivity contribution in [2.24, 2.45) is 0 Å².